The fourth-order valence-corrected chi connectivity index (χ4v) is 1.43. The molecule has 0 spiro atoms. The van der Waals surface area contributed by atoms with Crippen LogP contribution in [0.5, 0.6) is 0 Å². The summed E-state index contributed by atoms with van der Waals surface area (Å²) in [6, 6.07) is 4.00. The first-order valence-electron chi connectivity index (χ1n) is 4.99. The van der Waals surface area contributed by atoms with Crippen LogP contribution in [-0.2, 0) is 4.79 Å². The highest BCUT2D eigenvalue weighted by atomic mass is 16.4. The molecule has 0 fully saturated rings. The number of hydrogen-bond donors (Lipinski definition) is 2. The smallest absolute Gasteiger partial charge is 0.328 e. The van der Waals surface area contributed by atoms with Gasteiger partial charge < -0.3 is 10.4 Å². The molecule has 0 saturated carbocycles. The fraction of sp³-hybridized carbons (Fsp3) is 0.333. The number of hydrogen-bond acceptors (Lipinski definition) is 3. The third kappa shape index (κ3) is 2.46. The van der Waals surface area contributed by atoms with Gasteiger partial charge >= 0.3 is 5.97 Å². The molecular weight excluding hydrogens is 206 g/mol. The topological polar surface area (TPSA) is 66.4 Å². The van der Waals surface area contributed by atoms with Gasteiger partial charge in [-0.05, 0) is 38.1 Å². The lowest BCUT2D eigenvalue weighted by Gasteiger charge is -2.11. The van der Waals surface area contributed by atoms with E-state index < -0.39 is 17.8 Å². The Morgan fingerprint density at radius 1 is 1.25 bits per heavy atom. The predicted octanol–water partition coefficient (Wildman–Crippen LogP) is 1.16. The number of carboxylic acid groups (broad SMARTS) is 1. The fourth-order valence-electron chi connectivity index (χ4n) is 1.43. The first-order valence-corrected chi connectivity index (χ1v) is 4.99. The van der Waals surface area contributed by atoms with Gasteiger partial charge in [-0.2, -0.15) is 0 Å². The number of carbonyl (C=O) groups is 2. The van der Waals surface area contributed by atoms with Crippen molar-refractivity contribution in [1.82, 2.24) is 5.32 Å². The molecule has 0 aliphatic rings. The molecule has 4 nitrogen and oxygen atoms in total. The molecule has 0 bridgehead atoms. The molecule has 0 amide bonds. The molecular formula is C12H15NO3. The van der Waals surface area contributed by atoms with Crippen LogP contribution >= 0.6 is 0 Å². The minimum atomic E-state index is -1.18. The van der Waals surface area contributed by atoms with Crippen molar-refractivity contribution >= 4 is 11.8 Å². The van der Waals surface area contributed by atoms with Crippen LogP contribution in [0.3, 0.4) is 0 Å². The van der Waals surface area contributed by atoms with Gasteiger partial charge in [-0.1, -0.05) is 12.1 Å². The number of aryl methyl sites for hydroxylation is 2. The zero-order chi connectivity index (χ0) is 12.3. The van der Waals surface area contributed by atoms with Crippen LogP contribution in [0.15, 0.2) is 18.2 Å². The van der Waals surface area contributed by atoms with E-state index in [1.54, 1.807) is 12.1 Å². The summed E-state index contributed by atoms with van der Waals surface area (Å²) < 4.78 is 0. The van der Waals surface area contributed by atoms with Crippen LogP contribution in [0.4, 0.5) is 0 Å². The number of rotatable bonds is 4. The first kappa shape index (κ1) is 12.4. The van der Waals surface area contributed by atoms with Gasteiger partial charge in [0, 0.05) is 5.56 Å². The lowest BCUT2D eigenvalue weighted by Crippen LogP contribution is -2.41. The summed E-state index contributed by atoms with van der Waals surface area (Å²) in [6.45, 7) is 3.83. The molecule has 0 aromatic heterocycles. The lowest BCUT2D eigenvalue weighted by molar-refractivity contribution is -0.137. The van der Waals surface area contributed by atoms with E-state index in [0.29, 0.717) is 5.56 Å². The maximum absolute atomic E-state index is 11.8. The summed E-state index contributed by atoms with van der Waals surface area (Å²) in [5, 5.41) is 11.3. The molecule has 16 heavy (non-hydrogen) atoms. The number of nitrogens with one attached hydrogen (secondary N) is 1. The Hall–Kier alpha value is -1.68. The molecule has 0 heterocycles. The minimum absolute atomic E-state index is 0.418. The molecule has 1 unspecified atom stereocenters. The van der Waals surface area contributed by atoms with Crippen LogP contribution in [0.25, 0.3) is 0 Å². The Bertz CT molecular complexity index is 426. The predicted molar refractivity (Wildman–Crippen MR) is 60.7 cm³/mol. The molecule has 1 aromatic carbocycles. The molecule has 1 atom stereocenters. The van der Waals surface area contributed by atoms with E-state index in [4.69, 9.17) is 5.11 Å². The maximum atomic E-state index is 11.8. The van der Waals surface area contributed by atoms with Crippen LogP contribution in [0.2, 0.25) is 0 Å². The van der Waals surface area contributed by atoms with Crippen molar-refractivity contribution in [3.8, 4) is 0 Å². The second-order valence-corrected chi connectivity index (χ2v) is 3.72. The molecule has 0 saturated heterocycles. The summed E-state index contributed by atoms with van der Waals surface area (Å²) in [4.78, 5) is 22.7. The average molecular weight is 221 g/mol. The summed E-state index contributed by atoms with van der Waals surface area (Å²) in [5.41, 5.74) is 2.48. The van der Waals surface area contributed by atoms with Crippen molar-refractivity contribution in [3.05, 3.63) is 34.9 Å². The standard InChI is InChI=1S/C12H15NO3/c1-7-4-5-9(6-8(7)2)11(14)10(13-3)12(15)16/h4-6,10,13H,1-3H3,(H,15,16). The van der Waals surface area contributed by atoms with E-state index in [0.717, 1.165) is 11.1 Å². The number of carboxylic acids is 1. The van der Waals surface area contributed by atoms with Gasteiger partial charge in [-0.3, -0.25) is 9.59 Å². The Morgan fingerprint density at radius 3 is 2.31 bits per heavy atom. The van der Waals surface area contributed by atoms with Gasteiger partial charge in [0.2, 0.25) is 0 Å². The molecule has 4 heteroatoms. The maximum Gasteiger partial charge on any atom is 0.328 e. The highest BCUT2D eigenvalue weighted by Gasteiger charge is 2.25. The van der Waals surface area contributed by atoms with Crippen LogP contribution in [-0.4, -0.2) is 29.9 Å². The van der Waals surface area contributed by atoms with E-state index in [1.807, 2.05) is 19.9 Å². The molecule has 0 aliphatic carbocycles. The summed E-state index contributed by atoms with van der Waals surface area (Å²) in [7, 11) is 1.46. The van der Waals surface area contributed by atoms with Crippen molar-refractivity contribution in [2.24, 2.45) is 0 Å². The van der Waals surface area contributed by atoms with Gasteiger partial charge in [-0.15, -0.1) is 0 Å². The quantitative estimate of drug-likeness (QED) is 0.591. The zero-order valence-corrected chi connectivity index (χ0v) is 9.57. The van der Waals surface area contributed by atoms with Crippen LogP contribution < -0.4 is 5.32 Å². The van der Waals surface area contributed by atoms with Crippen molar-refractivity contribution < 1.29 is 14.7 Å². The number of likely N-dealkylation sites (N-methyl/N-ethyl adjacent to an activating group) is 1. The third-order valence-electron chi connectivity index (χ3n) is 2.59. The number of ketones is 1. The van der Waals surface area contributed by atoms with E-state index in [2.05, 4.69) is 5.32 Å². The molecule has 0 radical (unpaired) electrons. The van der Waals surface area contributed by atoms with E-state index in [1.165, 1.54) is 7.05 Å². The highest BCUT2D eigenvalue weighted by molar-refractivity contribution is 6.11. The highest BCUT2D eigenvalue weighted by Crippen LogP contribution is 2.11. The Kier molecular flexibility index (Phi) is 3.79. The van der Waals surface area contributed by atoms with E-state index in [-0.39, 0.29) is 0 Å². The largest absolute Gasteiger partial charge is 0.480 e. The average Bonchev–Trinajstić information content (AvgIpc) is 2.22. The second-order valence-electron chi connectivity index (χ2n) is 3.72. The normalized spacial score (nSPS) is 12.2. The molecule has 0 aliphatic heterocycles. The van der Waals surface area contributed by atoms with Crippen molar-refractivity contribution in [2.45, 2.75) is 19.9 Å². The number of Topliss-reactive ketones (excluding diaryl/α,β-unsaturated/α-hetero) is 1. The Balaban J connectivity index is 3.04. The van der Waals surface area contributed by atoms with Crippen LogP contribution in [0, 0.1) is 13.8 Å². The number of benzene rings is 1. The zero-order valence-electron chi connectivity index (χ0n) is 9.57. The van der Waals surface area contributed by atoms with E-state index in [9.17, 15) is 9.59 Å². The molecule has 2 N–H and O–H groups in total. The summed E-state index contributed by atoms with van der Waals surface area (Å²) in [5.74, 6) is -1.58. The van der Waals surface area contributed by atoms with Gasteiger partial charge in [0.1, 0.15) is 0 Å². The summed E-state index contributed by atoms with van der Waals surface area (Å²) >= 11 is 0. The van der Waals surface area contributed by atoms with Gasteiger partial charge in [0.15, 0.2) is 11.8 Å². The van der Waals surface area contributed by atoms with Crippen LogP contribution in [0.1, 0.15) is 21.5 Å². The Labute approximate surface area is 94.3 Å². The molecule has 1 aromatic rings. The summed E-state index contributed by atoms with van der Waals surface area (Å²) in [6.07, 6.45) is 0. The van der Waals surface area contributed by atoms with Crippen molar-refractivity contribution in [3.63, 3.8) is 0 Å². The lowest BCUT2D eigenvalue weighted by atomic mass is 10.00. The first-order chi connectivity index (χ1) is 7.47. The minimum Gasteiger partial charge on any atom is -0.480 e. The number of carbonyl (C=O) groups excluding carboxylic acids is 1. The van der Waals surface area contributed by atoms with Crippen molar-refractivity contribution in [2.75, 3.05) is 7.05 Å². The van der Waals surface area contributed by atoms with E-state index >= 15 is 0 Å². The van der Waals surface area contributed by atoms with Gasteiger partial charge in [0.05, 0.1) is 0 Å². The van der Waals surface area contributed by atoms with Gasteiger partial charge in [0.25, 0.3) is 0 Å². The molecule has 1 rings (SSSR count). The second kappa shape index (κ2) is 4.90. The SMILES string of the molecule is CNC(C(=O)O)C(=O)c1ccc(C)c(C)c1. The number of aliphatic carboxylic acids is 1. The van der Waals surface area contributed by atoms with Crippen molar-refractivity contribution in [1.29, 1.82) is 0 Å². The molecule has 86 valence electrons. The third-order valence-corrected chi connectivity index (χ3v) is 2.59. The Morgan fingerprint density at radius 2 is 1.88 bits per heavy atom. The van der Waals surface area contributed by atoms with Gasteiger partial charge in [-0.25, -0.2) is 0 Å². The monoisotopic (exact) mass is 221 g/mol.